The minimum Gasteiger partial charge on any atom is -0.381 e. The standard InChI is InChI=1S/C13H27NO/c1-3-4-5-6-7-12(2)14-13-8-10-15-11-9-13/h12-14H,3-11H2,1-2H3. The summed E-state index contributed by atoms with van der Waals surface area (Å²) in [6, 6.07) is 1.39. The molecule has 0 aliphatic carbocycles. The first-order chi connectivity index (χ1) is 7.33. The molecule has 0 amide bonds. The van der Waals surface area contributed by atoms with Crippen LogP contribution in [0.5, 0.6) is 0 Å². The summed E-state index contributed by atoms with van der Waals surface area (Å²) in [6.07, 6.45) is 9.23. The molecule has 0 aromatic carbocycles. The lowest BCUT2D eigenvalue weighted by molar-refractivity contribution is 0.0751. The van der Waals surface area contributed by atoms with Crippen molar-refractivity contribution in [3.63, 3.8) is 0 Å². The Morgan fingerprint density at radius 3 is 2.60 bits per heavy atom. The molecule has 1 atom stereocenters. The molecule has 0 aromatic heterocycles. The first-order valence-electron chi connectivity index (χ1n) is 6.66. The summed E-state index contributed by atoms with van der Waals surface area (Å²) >= 11 is 0. The second-order valence-electron chi connectivity index (χ2n) is 4.80. The zero-order valence-electron chi connectivity index (χ0n) is 10.4. The van der Waals surface area contributed by atoms with E-state index >= 15 is 0 Å². The Hall–Kier alpha value is -0.0800. The molecule has 0 bridgehead atoms. The second-order valence-corrected chi connectivity index (χ2v) is 4.80. The van der Waals surface area contributed by atoms with E-state index in [0.717, 1.165) is 13.2 Å². The molecule has 1 unspecified atom stereocenters. The summed E-state index contributed by atoms with van der Waals surface area (Å²) in [5.41, 5.74) is 0. The summed E-state index contributed by atoms with van der Waals surface area (Å²) in [5.74, 6) is 0. The van der Waals surface area contributed by atoms with Crippen LogP contribution < -0.4 is 5.32 Å². The van der Waals surface area contributed by atoms with E-state index in [4.69, 9.17) is 4.74 Å². The highest BCUT2D eigenvalue weighted by atomic mass is 16.5. The van der Waals surface area contributed by atoms with Gasteiger partial charge in [-0.25, -0.2) is 0 Å². The van der Waals surface area contributed by atoms with Crippen molar-refractivity contribution in [1.82, 2.24) is 5.32 Å². The predicted molar refractivity (Wildman–Crippen MR) is 65.2 cm³/mol. The van der Waals surface area contributed by atoms with Gasteiger partial charge in [0.2, 0.25) is 0 Å². The van der Waals surface area contributed by atoms with Crippen LogP contribution in [0.1, 0.15) is 58.8 Å². The molecule has 1 fully saturated rings. The summed E-state index contributed by atoms with van der Waals surface area (Å²) in [7, 11) is 0. The van der Waals surface area contributed by atoms with Gasteiger partial charge in [0, 0.05) is 25.3 Å². The van der Waals surface area contributed by atoms with E-state index < -0.39 is 0 Å². The zero-order valence-corrected chi connectivity index (χ0v) is 10.4. The number of unbranched alkanes of at least 4 members (excludes halogenated alkanes) is 3. The van der Waals surface area contributed by atoms with Gasteiger partial charge in [0.1, 0.15) is 0 Å². The summed E-state index contributed by atoms with van der Waals surface area (Å²) in [6.45, 7) is 6.48. The Morgan fingerprint density at radius 2 is 1.93 bits per heavy atom. The maximum absolute atomic E-state index is 5.35. The van der Waals surface area contributed by atoms with Gasteiger partial charge in [0.15, 0.2) is 0 Å². The molecule has 1 saturated heterocycles. The largest absolute Gasteiger partial charge is 0.381 e. The van der Waals surface area contributed by atoms with Gasteiger partial charge in [0.25, 0.3) is 0 Å². The van der Waals surface area contributed by atoms with Gasteiger partial charge >= 0.3 is 0 Å². The van der Waals surface area contributed by atoms with Crippen LogP contribution in [0.25, 0.3) is 0 Å². The molecule has 1 rings (SSSR count). The van der Waals surface area contributed by atoms with Gasteiger partial charge < -0.3 is 10.1 Å². The second kappa shape index (κ2) is 8.12. The van der Waals surface area contributed by atoms with Crippen molar-refractivity contribution in [2.45, 2.75) is 70.9 Å². The van der Waals surface area contributed by atoms with Gasteiger partial charge in [-0.1, -0.05) is 32.6 Å². The van der Waals surface area contributed by atoms with Gasteiger partial charge in [-0.2, -0.15) is 0 Å². The van der Waals surface area contributed by atoms with E-state index in [1.807, 2.05) is 0 Å². The first kappa shape index (κ1) is 13.0. The van der Waals surface area contributed by atoms with Crippen molar-refractivity contribution in [2.24, 2.45) is 0 Å². The lowest BCUT2D eigenvalue weighted by Gasteiger charge is -2.26. The van der Waals surface area contributed by atoms with Crippen LogP contribution in [0.2, 0.25) is 0 Å². The number of nitrogens with one attached hydrogen (secondary N) is 1. The highest BCUT2D eigenvalue weighted by Gasteiger charge is 2.15. The lowest BCUT2D eigenvalue weighted by Crippen LogP contribution is -2.40. The fourth-order valence-electron chi connectivity index (χ4n) is 2.23. The van der Waals surface area contributed by atoms with Crippen LogP contribution in [-0.2, 0) is 4.74 Å². The van der Waals surface area contributed by atoms with Gasteiger partial charge in [-0.05, 0) is 26.2 Å². The molecule has 1 N–H and O–H groups in total. The van der Waals surface area contributed by atoms with Crippen molar-refractivity contribution in [3.8, 4) is 0 Å². The van der Waals surface area contributed by atoms with Crippen molar-refractivity contribution in [3.05, 3.63) is 0 Å². The molecule has 2 nitrogen and oxygen atoms in total. The Labute approximate surface area is 94.8 Å². The average Bonchev–Trinajstić information content (AvgIpc) is 2.26. The number of hydrogen-bond acceptors (Lipinski definition) is 2. The topological polar surface area (TPSA) is 21.3 Å². The number of rotatable bonds is 7. The van der Waals surface area contributed by atoms with Crippen LogP contribution in [-0.4, -0.2) is 25.3 Å². The third-order valence-electron chi connectivity index (χ3n) is 3.23. The summed E-state index contributed by atoms with van der Waals surface area (Å²) < 4.78 is 5.35. The Bertz CT molecular complexity index is 143. The molecule has 0 saturated carbocycles. The molecule has 0 spiro atoms. The molecule has 1 heterocycles. The van der Waals surface area contributed by atoms with Crippen LogP contribution in [0.3, 0.4) is 0 Å². The normalized spacial score (nSPS) is 20.4. The SMILES string of the molecule is CCCCCCC(C)NC1CCOCC1. The van der Waals surface area contributed by atoms with Crippen LogP contribution >= 0.6 is 0 Å². The van der Waals surface area contributed by atoms with E-state index in [9.17, 15) is 0 Å². The molecule has 1 aliphatic heterocycles. The van der Waals surface area contributed by atoms with E-state index in [2.05, 4.69) is 19.2 Å². The number of hydrogen-bond donors (Lipinski definition) is 1. The summed E-state index contributed by atoms with van der Waals surface area (Å²) in [5, 5.41) is 3.72. The Balaban J connectivity index is 1.98. The van der Waals surface area contributed by atoms with E-state index in [-0.39, 0.29) is 0 Å². The fraction of sp³-hybridized carbons (Fsp3) is 1.00. The van der Waals surface area contributed by atoms with Crippen molar-refractivity contribution in [1.29, 1.82) is 0 Å². The van der Waals surface area contributed by atoms with E-state index in [1.165, 1.54) is 44.9 Å². The smallest absolute Gasteiger partial charge is 0.0480 e. The first-order valence-corrected chi connectivity index (χ1v) is 6.66. The average molecular weight is 213 g/mol. The molecule has 2 heteroatoms. The molecule has 1 aliphatic rings. The van der Waals surface area contributed by atoms with E-state index in [0.29, 0.717) is 12.1 Å². The Kier molecular flexibility index (Phi) is 7.03. The van der Waals surface area contributed by atoms with Gasteiger partial charge in [0.05, 0.1) is 0 Å². The lowest BCUT2D eigenvalue weighted by atomic mass is 10.0. The molecule has 90 valence electrons. The zero-order chi connectivity index (χ0) is 10.9. The maximum Gasteiger partial charge on any atom is 0.0480 e. The highest BCUT2D eigenvalue weighted by Crippen LogP contribution is 2.10. The molecular formula is C13H27NO. The molecule has 0 aromatic rings. The van der Waals surface area contributed by atoms with Crippen LogP contribution in [0.15, 0.2) is 0 Å². The highest BCUT2D eigenvalue weighted by molar-refractivity contribution is 4.73. The Morgan fingerprint density at radius 1 is 1.20 bits per heavy atom. The summed E-state index contributed by atoms with van der Waals surface area (Å²) in [4.78, 5) is 0. The van der Waals surface area contributed by atoms with Crippen LogP contribution in [0, 0.1) is 0 Å². The van der Waals surface area contributed by atoms with Crippen molar-refractivity contribution in [2.75, 3.05) is 13.2 Å². The van der Waals surface area contributed by atoms with Crippen molar-refractivity contribution < 1.29 is 4.74 Å². The fourth-order valence-corrected chi connectivity index (χ4v) is 2.23. The molecular weight excluding hydrogens is 186 g/mol. The molecule has 15 heavy (non-hydrogen) atoms. The quantitative estimate of drug-likeness (QED) is 0.656. The number of ether oxygens (including phenoxy) is 1. The molecule has 0 radical (unpaired) electrons. The van der Waals surface area contributed by atoms with Crippen molar-refractivity contribution >= 4 is 0 Å². The maximum atomic E-state index is 5.35. The van der Waals surface area contributed by atoms with E-state index in [1.54, 1.807) is 0 Å². The van der Waals surface area contributed by atoms with Gasteiger partial charge in [-0.15, -0.1) is 0 Å². The minimum absolute atomic E-state index is 0.685. The minimum atomic E-state index is 0.685. The van der Waals surface area contributed by atoms with Crippen LogP contribution in [0.4, 0.5) is 0 Å². The third kappa shape index (κ3) is 6.16. The van der Waals surface area contributed by atoms with Gasteiger partial charge in [-0.3, -0.25) is 0 Å². The predicted octanol–water partition coefficient (Wildman–Crippen LogP) is 3.11. The monoisotopic (exact) mass is 213 g/mol. The third-order valence-corrected chi connectivity index (χ3v) is 3.23.